The number of hydrogen-bond donors (Lipinski definition) is 1. The van der Waals surface area contributed by atoms with E-state index in [1.165, 1.54) is 0 Å². The molecule has 0 unspecified atom stereocenters. The van der Waals surface area contributed by atoms with Gasteiger partial charge in [-0.1, -0.05) is 0 Å². The molecule has 0 spiro atoms. The zero-order chi connectivity index (χ0) is 14.1. The molecule has 104 valence electrons. The van der Waals surface area contributed by atoms with Gasteiger partial charge in [0.15, 0.2) is 17.3 Å². The summed E-state index contributed by atoms with van der Waals surface area (Å²) in [5.74, 6) is 3.07. The molecule has 1 aliphatic heterocycles. The lowest BCUT2D eigenvalue weighted by atomic mass is 10.2. The fourth-order valence-corrected chi connectivity index (χ4v) is 2.44. The summed E-state index contributed by atoms with van der Waals surface area (Å²) in [6.07, 6.45) is 0. The van der Waals surface area contributed by atoms with Crippen LogP contribution >= 0.6 is 22.6 Å². The van der Waals surface area contributed by atoms with Crippen LogP contribution in [0.1, 0.15) is 12.6 Å². The summed E-state index contributed by atoms with van der Waals surface area (Å²) in [7, 11) is 0. The topological polar surface area (TPSA) is 56.3 Å². The lowest BCUT2D eigenvalue weighted by Gasteiger charge is -2.10. The van der Waals surface area contributed by atoms with E-state index in [9.17, 15) is 0 Å². The molecule has 1 N–H and O–H groups in total. The van der Waals surface area contributed by atoms with Crippen LogP contribution in [0.5, 0.6) is 11.5 Å². The van der Waals surface area contributed by atoms with E-state index in [4.69, 9.17) is 9.47 Å². The number of anilines is 1. The second-order valence-electron chi connectivity index (χ2n) is 4.39. The van der Waals surface area contributed by atoms with Crippen LogP contribution in [-0.4, -0.2) is 23.3 Å². The van der Waals surface area contributed by atoms with Crippen LogP contribution in [0.3, 0.4) is 0 Å². The molecule has 2 aromatic rings. The molecule has 0 amide bonds. The standard InChI is InChI=1S/C14H14IN3O2/c1-3-16-14-12(15)8(2)17-13(18-14)9-4-5-10-11(6-9)20-7-19-10/h4-6H,3,7H2,1-2H3,(H,16,17,18). The van der Waals surface area contributed by atoms with Gasteiger partial charge in [-0.3, -0.25) is 0 Å². The van der Waals surface area contributed by atoms with Gasteiger partial charge in [0.1, 0.15) is 5.82 Å². The summed E-state index contributed by atoms with van der Waals surface area (Å²) in [4.78, 5) is 9.15. The first-order valence-electron chi connectivity index (χ1n) is 6.37. The molecule has 1 aliphatic rings. The van der Waals surface area contributed by atoms with Crippen molar-refractivity contribution in [1.82, 2.24) is 9.97 Å². The Labute approximate surface area is 130 Å². The number of aromatic nitrogens is 2. The maximum atomic E-state index is 5.40. The molecule has 0 atom stereocenters. The molecule has 3 rings (SSSR count). The number of benzene rings is 1. The average molecular weight is 383 g/mol. The number of rotatable bonds is 3. The molecule has 0 aliphatic carbocycles. The normalized spacial score (nSPS) is 12.6. The van der Waals surface area contributed by atoms with Crippen LogP contribution in [0.4, 0.5) is 5.82 Å². The molecule has 0 saturated heterocycles. The Balaban J connectivity index is 2.05. The van der Waals surface area contributed by atoms with Gasteiger partial charge in [0.2, 0.25) is 6.79 Å². The van der Waals surface area contributed by atoms with Crippen molar-refractivity contribution in [3.63, 3.8) is 0 Å². The van der Waals surface area contributed by atoms with Crippen LogP contribution < -0.4 is 14.8 Å². The highest BCUT2D eigenvalue weighted by molar-refractivity contribution is 14.1. The Morgan fingerprint density at radius 2 is 2.05 bits per heavy atom. The van der Waals surface area contributed by atoms with Crippen LogP contribution in [0.25, 0.3) is 11.4 Å². The predicted octanol–water partition coefficient (Wildman–Crippen LogP) is 3.22. The molecule has 5 nitrogen and oxygen atoms in total. The SMILES string of the molecule is CCNc1nc(-c2ccc3c(c2)OCO3)nc(C)c1I. The Morgan fingerprint density at radius 3 is 2.85 bits per heavy atom. The van der Waals surface area contributed by atoms with E-state index in [2.05, 4.69) is 37.9 Å². The lowest BCUT2D eigenvalue weighted by molar-refractivity contribution is 0.174. The maximum absolute atomic E-state index is 5.40. The number of hydrogen-bond acceptors (Lipinski definition) is 5. The minimum absolute atomic E-state index is 0.272. The molecule has 2 heterocycles. The number of ether oxygens (including phenoxy) is 2. The van der Waals surface area contributed by atoms with Crippen LogP contribution in [0.15, 0.2) is 18.2 Å². The number of halogens is 1. The Morgan fingerprint density at radius 1 is 1.25 bits per heavy atom. The van der Waals surface area contributed by atoms with Gasteiger partial charge in [-0.05, 0) is 54.6 Å². The Hall–Kier alpha value is -1.57. The zero-order valence-corrected chi connectivity index (χ0v) is 13.4. The summed E-state index contributed by atoms with van der Waals surface area (Å²) in [5.41, 5.74) is 1.89. The minimum Gasteiger partial charge on any atom is -0.454 e. The largest absolute Gasteiger partial charge is 0.454 e. The molecule has 0 fully saturated rings. The molecular weight excluding hydrogens is 369 g/mol. The molecule has 1 aromatic carbocycles. The van der Waals surface area contributed by atoms with Crippen molar-refractivity contribution in [3.8, 4) is 22.9 Å². The monoisotopic (exact) mass is 383 g/mol. The number of fused-ring (bicyclic) bond motifs is 1. The molecule has 0 radical (unpaired) electrons. The van der Waals surface area contributed by atoms with Crippen LogP contribution in [0.2, 0.25) is 0 Å². The lowest BCUT2D eigenvalue weighted by Crippen LogP contribution is -2.06. The van der Waals surface area contributed by atoms with Crippen molar-refractivity contribution < 1.29 is 9.47 Å². The number of nitrogens with one attached hydrogen (secondary N) is 1. The highest BCUT2D eigenvalue weighted by Crippen LogP contribution is 2.35. The van der Waals surface area contributed by atoms with E-state index in [0.717, 1.165) is 38.7 Å². The first-order valence-corrected chi connectivity index (χ1v) is 7.45. The van der Waals surface area contributed by atoms with Gasteiger partial charge in [0.05, 0.1) is 9.26 Å². The van der Waals surface area contributed by atoms with Crippen molar-refractivity contribution in [1.29, 1.82) is 0 Å². The summed E-state index contributed by atoms with van der Waals surface area (Å²) in [6.45, 7) is 5.13. The van der Waals surface area contributed by atoms with E-state index < -0.39 is 0 Å². The maximum Gasteiger partial charge on any atom is 0.231 e. The quantitative estimate of drug-likeness (QED) is 0.825. The molecule has 6 heteroatoms. The first kappa shape index (κ1) is 13.4. The number of nitrogens with zero attached hydrogens (tertiary/aromatic N) is 2. The smallest absolute Gasteiger partial charge is 0.231 e. The third-order valence-corrected chi connectivity index (χ3v) is 4.28. The van der Waals surface area contributed by atoms with Crippen molar-refractivity contribution in [3.05, 3.63) is 27.5 Å². The van der Waals surface area contributed by atoms with E-state index >= 15 is 0 Å². The molecule has 20 heavy (non-hydrogen) atoms. The summed E-state index contributed by atoms with van der Waals surface area (Å²) in [6, 6.07) is 5.76. The number of aryl methyl sites for hydroxylation is 1. The van der Waals surface area contributed by atoms with Gasteiger partial charge in [0, 0.05) is 12.1 Å². The van der Waals surface area contributed by atoms with E-state index in [0.29, 0.717) is 5.82 Å². The van der Waals surface area contributed by atoms with E-state index in [1.807, 2.05) is 32.0 Å². The van der Waals surface area contributed by atoms with Gasteiger partial charge in [0.25, 0.3) is 0 Å². The fourth-order valence-electron chi connectivity index (χ4n) is 2.01. The van der Waals surface area contributed by atoms with Crippen molar-refractivity contribution >= 4 is 28.4 Å². The van der Waals surface area contributed by atoms with Crippen molar-refractivity contribution in [2.45, 2.75) is 13.8 Å². The highest BCUT2D eigenvalue weighted by Gasteiger charge is 2.16. The zero-order valence-electron chi connectivity index (χ0n) is 11.2. The summed E-state index contributed by atoms with van der Waals surface area (Å²) in [5, 5.41) is 3.26. The summed E-state index contributed by atoms with van der Waals surface area (Å²) >= 11 is 2.26. The van der Waals surface area contributed by atoms with Crippen LogP contribution in [-0.2, 0) is 0 Å². The van der Waals surface area contributed by atoms with Gasteiger partial charge in [-0.25, -0.2) is 9.97 Å². The minimum atomic E-state index is 0.272. The second kappa shape index (κ2) is 5.43. The van der Waals surface area contributed by atoms with Gasteiger partial charge in [-0.2, -0.15) is 0 Å². The van der Waals surface area contributed by atoms with E-state index in [-0.39, 0.29) is 6.79 Å². The van der Waals surface area contributed by atoms with Gasteiger partial charge in [-0.15, -0.1) is 0 Å². The van der Waals surface area contributed by atoms with Gasteiger partial charge >= 0.3 is 0 Å². The van der Waals surface area contributed by atoms with Crippen molar-refractivity contribution in [2.75, 3.05) is 18.7 Å². The van der Waals surface area contributed by atoms with E-state index in [1.54, 1.807) is 0 Å². The first-order chi connectivity index (χ1) is 9.69. The third-order valence-electron chi connectivity index (χ3n) is 2.99. The average Bonchev–Trinajstić information content (AvgIpc) is 2.91. The molecule has 0 bridgehead atoms. The van der Waals surface area contributed by atoms with Crippen molar-refractivity contribution in [2.24, 2.45) is 0 Å². The van der Waals surface area contributed by atoms with Gasteiger partial charge < -0.3 is 14.8 Å². The Kier molecular flexibility index (Phi) is 3.64. The third kappa shape index (κ3) is 2.39. The predicted molar refractivity (Wildman–Crippen MR) is 85.2 cm³/mol. The molecule has 0 saturated carbocycles. The molecule has 1 aromatic heterocycles. The highest BCUT2D eigenvalue weighted by atomic mass is 127. The molecular formula is C14H14IN3O2. The van der Waals surface area contributed by atoms with Crippen LogP contribution in [0, 0.1) is 10.5 Å². The second-order valence-corrected chi connectivity index (χ2v) is 5.47. The Bertz CT molecular complexity index is 661. The summed E-state index contributed by atoms with van der Waals surface area (Å²) < 4.78 is 11.8. The fraction of sp³-hybridized carbons (Fsp3) is 0.286.